The molecule has 0 bridgehead atoms. The fourth-order valence-corrected chi connectivity index (χ4v) is 2.08. The number of ether oxygens (including phenoxy) is 2. The highest BCUT2D eigenvalue weighted by atomic mass is 31.2. The number of hydrogen-bond donors (Lipinski definition) is 0. The summed E-state index contributed by atoms with van der Waals surface area (Å²) in [7, 11) is 0.710. The smallest absolute Gasteiger partial charge is 0.465 e. The van der Waals surface area contributed by atoms with Crippen molar-refractivity contribution in [1.82, 2.24) is 0 Å². The summed E-state index contributed by atoms with van der Waals surface area (Å²) < 4.78 is 35.5. The van der Waals surface area contributed by atoms with Gasteiger partial charge in [-0.15, -0.1) is 0 Å². The van der Waals surface area contributed by atoms with Crippen LogP contribution in [0.5, 0.6) is 5.75 Å². The molecule has 0 unspecified atom stereocenters. The van der Waals surface area contributed by atoms with Gasteiger partial charge < -0.3 is 14.0 Å². The molecule has 0 spiro atoms. The number of carbonyl (C=O) groups is 2. The van der Waals surface area contributed by atoms with E-state index >= 15 is 0 Å². The van der Waals surface area contributed by atoms with Gasteiger partial charge >= 0.3 is 19.8 Å². The van der Waals surface area contributed by atoms with E-state index < -0.39 is 19.8 Å². The zero-order chi connectivity index (χ0) is 16.0. The first-order valence-corrected chi connectivity index (χ1v) is 7.08. The van der Waals surface area contributed by atoms with Gasteiger partial charge in [-0.3, -0.25) is 9.05 Å². The fourth-order valence-electron chi connectivity index (χ4n) is 1.39. The molecule has 0 N–H and O–H groups in total. The summed E-state index contributed by atoms with van der Waals surface area (Å²) in [6.45, 7) is 0. The first-order chi connectivity index (χ1) is 9.90. The Morgan fingerprint density at radius 3 is 2.00 bits per heavy atom. The lowest BCUT2D eigenvalue weighted by Gasteiger charge is -2.16. The molecular weight excluding hydrogens is 303 g/mol. The predicted octanol–water partition coefficient (Wildman–Crippen LogP) is 2.04. The molecule has 116 valence electrons. The van der Waals surface area contributed by atoms with Gasteiger partial charge in [0.15, 0.2) is 0 Å². The highest BCUT2D eigenvalue weighted by Crippen LogP contribution is 2.48. The van der Waals surface area contributed by atoms with Crippen molar-refractivity contribution < 1.29 is 37.2 Å². The molecule has 0 atom stereocenters. The third kappa shape index (κ3) is 4.04. The summed E-state index contributed by atoms with van der Waals surface area (Å²) in [5, 5.41) is 0. The van der Waals surface area contributed by atoms with Crippen LogP contribution in [-0.2, 0) is 23.1 Å². The molecule has 9 heteroatoms. The van der Waals surface area contributed by atoms with Crippen molar-refractivity contribution in [3.63, 3.8) is 0 Å². The summed E-state index contributed by atoms with van der Waals surface area (Å²) in [5.74, 6) is -1.57. The summed E-state index contributed by atoms with van der Waals surface area (Å²) in [6.07, 6.45) is 0. The first kappa shape index (κ1) is 17.2. The minimum Gasteiger partial charge on any atom is -0.465 e. The van der Waals surface area contributed by atoms with Crippen LogP contribution in [0.2, 0.25) is 0 Å². The number of carbonyl (C=O) groups excluding carboxylic acids is 2. The number of phosphoric acid groups is 1. The lowest BCUT2D eigenvalue weighted by atomic mass is 10.1. The predicted molar refractivity (Wildman–Crippen MR) is 71.4 cm³/mol. The Hall–Kier alpha value is -1.89. The van der Waals surface area contributed by atoms with Gasteiger partial charge in [0.05, 0.1) is 19.8 Å². The van der Waals surface area contributed by atoms with Crippen LogP contribution >= 0.6 is 7.82 Å². The first-order valence-electron chi connectivity index (χ1n) is 5.62. The quantitative estimate of drug-likeness (QED) is 0.580. The van der Waals surface area contributed by atoms with Crippen LogP contribution < -0.4 is 4.52 Å². The molecular formula is C12H15O8P. The molecule has 1 aromatic rings. The molecule has 0 aliphatic heterocycles. The van der Waals surface area contributed by atoms with E-state index in [2.05, 4.69) is 18.5 Å². The summed E-state index contributed by atoms with van der Waals surface area (Å²) in [4.78, 5) is 23.2. The van der Waals surface area contributed by atoms with Crippen LogP contribution in [0.1, 0.15) is 20.7 Å². The number of hydrogen-bond acceptors (Lipinski definition) is 8. The molecule has 0 aromatic heterocycles. The Morgan fingerprint density at radius 1 is 0.952 bits per heavy atom. The number of methoxy groups -OCH3 is 2. The van der Waals surface area contributed by atoms with Gasteiger partial charge in [0, 0.05) is 14.2 Å². The fraction of sp³-hybridized carbons (Fsp3) is 0.333. The van der Waals surface area contributed by atoms with Gasteiger partial charge in [0.25, 0.3) is 0 Å². The van der Waals surface area contributed by atoms with Crippen molar-refractivity contribution in [2.75, 3.05) is 28.4 Å². The van der Waals surface area contributed by atoms with Crippen LogP contribution in [0, 0.1) is 0 Å². The van der Waals surface area contributed by atoms with E-state index in [0.717, 1.165) is 14.2 Å². The zero-order valence-electron chi connectivity index (χ0n) is 11.9. The summed E-state index contributed by atoms with van der Waals surface area (Å²) >= 11 is 0. The average Bonchev–Trinajstić information content (AvgIpc) is 2.53. The van der Waals surface area contributed by atoms with E-state index in [9.17, 15) is 14.2 Å². The molecule has 0 heterocycles. The molecule has 0 saturated heterocycles. The summed E-state index contributed by atoms with van der Waals surface area (Å²) in [5.41, 5.74) is 0.0541. The van der Waals surface area contributed by atoms with Crippen LogP contribution in [-0.4, -0.2) is 40.4 Å². The van der Waals surface area contributed by atoms with Gasteiger partial charge in [0.1, 0.15) is 11.3 Å². The minimum atomic E-state index is -3.90. The standard InChI is InChI=1S/C12H15O8P/c1-16-11(13)8-5-6-9(12(14)17-2)10(7-8)20-21(15,18-3)19-4/h5-7H,1-4H3. The molecule has 1 aromatic carbocycles. The van der Waals surface area contributed by atoms with Gasteiger partial charge in [-0.25, -0.2) is 14.2 Å². The van der Waals surface area contributed by atoms with E-state index in [1.807, 2.05) is 0 Å². The molecule has 0 amide bonds. The molecule has 0 aliphatic carbocycles. The second-order valence-corrected chi connectivity index (χ2v) is 5.41. The number of benzene rings is 1. The number of esters is 2. The molecule has 8 nitrogen and oxygen atoms in total. The Balaban J connectivity index is 3.32. The van der Waals surface area contributed by atoms with E-state index in [1.165, 1.54) is 32.4 Å². The average molecular weight is 318 g/mol. The van der Waals surface area contributed by atoms with Crippen molar-refractivity contribution in [3.8, 4) is 5.75 Å². The molecule has 0 radical (unpaired) electrons. The maximum atomic E-state index is 12.0. The van der Waals surface area contributed by atoms with Crippen LogP contribution in [0.3, 0.4) is 0 Å². The maximum absolute atomic E-state index is 12.0. The van der Waals surface area contributed by atoms with Crippen molar-refractivity contribution >= 4 is 19.8 Å². The molecule has 0 fully saturated rings. The monoisotopic (exact) mass is 318 g/mol. The van der Waals surface area contributed by atoms with Crippen molar-refractivity contribution in [2.24, 2.45) is 0 Å². The Bertz CT molecular complexity index is 575. The van der Waals surface area contributed by atoms with Gasteiger partial charge in [-0.05, 0) is 18.2 Å². The Labute approximate surface area is 121 Å². The highest BCUT2D eigenvalue weighted by Gasteiger charge is 2.28. The van der Waals surface area contributed by atoms with E-state index in [4.69, 9.17) is 4.52 Å². The zero-order valence-corrected chi connectivity index (χ0v) is 12.8. The number of rotatable bonds is 6. The molecule has 0 saturated carbocycles. The van der Waals surface area contributed by atoms with Crippen molar-refractivity contribution in [3.05, 3.63) is 29.3 Å². The highest BCUT2D eigenvalue weighted by molar-refractivity contribution is 7.48. The van der Waals surface area contributed by atoms with E-state index in [1.54, 1.807) is 0 Å². The van der Waals surface area contributed by atoms with Gasteiger partial charge in [-0.2, -0.15) is 0 Å². The summed E-state index contributed by atoms with van der Waals surface area (Å²) in [6, 6.07) is 3.81. The SMILES string of the molecule is COC(=O)c1ccc(C(=O)OC)c(OP(=O)(OC)OC)c1. The topological polar surface area (TPSA) is 97.4 Å². The van der Waals surface area contributed by atoms with Crippen molar-refractivity contribution in [1.29, 1.82) is 0 Å². The van der Waals surface area contributed by atoms with Crippen LogP contribution in [0.4, 0.5) is 0 Å². The van der Waals surface area contributed by atoms with Gasteiger partial charge in [0.2, 0.25) is 0 Å². The second-order valence-electron chi connectivity index (χ2n) is 3.60. The van der Waals surface area contributed by atoms with Crippen molar-refractivity contribution in [2.45, 2.75) is 0 Å². The number of phosphoric ester groups is 1. The molecule has 21 heavy (non-hydrogen) atoms. The largest absolute Gasteiger partial charge is 0.529 e. The second kappa shape index (κ2) is 7.21. The Morgan fingerprint density at radius 2 is 1.52 bits per heavy atom. The molecule has 1 rings (SSSR count). The van der Waals surface area contributed by atoms with Gasteiger partial charge in [-0.1, -0.05) is 0 Å². The Kier molecular flexibility index (Phi) is 5.90. The minimum absolute atomic E-state index is 0.0421. The lowest BCUT2D eigenvalue weighted by Crippen LogP contribution is -2.08. The van der Waals surface area contributed by atoms with E-state index in [0.29, 0.717) is 0 Å². The lowest BCUT2D eigenvalue weighted by molar-refractivity contribution is 0.0584. The van der Waals surface area contributed by atoms with Crippen LogP contribution in [0.15, 0.2) is 18.2 Å². The third-order valence-electron chi connectivity index (χ3n) is 2.47. The normalized spacial score (nSPS) is 10.9. The molecule has 0 aliphatic rings. The van der Waals surface area contributed by atoms with Crippen LogP contribution in [0.25, 0.3) is 0 Å². The third-order valence-corrected chi connectivity index (χ3v) is 3.78. The van der Waals surface area contributed by atoms with E-state index in [-0.39, 0.29) is 16.9 Å². The maximum Gasteiger partial charge on any atom is 0.529 e.